The highest BCUT2D eigenvalue weighted by Crippen LogP contribution is 2.41. The summed E-state index contributed by atoms with van der Waals surface area (Å²) in [7, 11) is 0. The van der Waals surface area contributed by atoms with Crippen LogP contribution < -0.4 is 5.32 Å². The second-order valence-electron chi connectivity index (χ2n) is 6.01. The number of hydrogen-bond donors (Lipinski definition) is 2. The Bertz CT molecular complexity index is 223. The first-order chi connectivity index (χ1) is 7.64. The highest BCUT2D eigenvalue weighted by Gasteiger charge is 2.45. The smallest absolute Gasteiger partial charge is 0.0827 e. The molecular weight excluding hydrogens is 198 g/mol. The molecule has 1 aliphatic heterocycles. The molecule has 2 aliphatic rings. The van der Waals surface area contributed by atoms with Crippen molar-refractivity contribution in [3.8, 4) is 0 Å². The van der Waals surface area contributed by atoms with E-state index in [0.29, 0.717) is 17.9 Å². The van der Waals surface area contributed by atoms with Crippen molar-refractivity contribution in [2.24, 2.45) is 11.8 Å². The standard InChI is InChI=1S/C14H27NO/c1-11-7-6-9-14(16,12(11)2)13-8-4-3-5-10-15-13/h11-13,15-16H,3-10H2,1-2H3. The average molecular weight is 225 g/mol. The van der Waals surface area contributed by atoms with Crippen molar-refractivity contribution in [3.63, 3.8) is 0 Å². The summed E-state index contributed by atoms with van der Waals surface area (Å²) in [5.41, 5.74) is -0.442. The Morgan fingerprint density at radius 3 is 2.69 bits per heavy atom. The van der Waals surface area contributed by atoms with Gasteiger partial charge >= 0.3 is 0 Å². The molecule has 0 aromatic rings. The van der Waals surface area contributed by atoms with Crippen molar-refractivity contribution < 1.29 is 5.11 Å². The molecule has 0 spiro atoms. The molecule has 2 heteroatoms. The molecule has 0 radical (unpaired) electrons. The van der Waals surface area contributed by atoms with E-state index in [1.54, 1.807) is 0 Å². The molecule has 2 rings (SSSR count). The zero-order valence-corrected chi connectivity index (χ0v) is 10.8. The maximum atomic E-state index is 11.0. The number of rotatable bonds is 1. The van der Waals surface area contributed by atoms with Gasteiger partial charge in [0.15, 0.2) is 0 Å². The summed E-state index contributed by atoms with van der Waals surface area (Å²) >= 11 is 0. The van der Waals surface area contributed by atoms with Gasteiger partial charge in [0.1, 0.15) is 0 Å². The first kappa shape index (κ1) is 12.4. The fourth-order valence-corrected chi connectivity index (χ4v) is 3.62. The molecular formula is C14H27NO. The van der Waals surface area contributed by atoms with E-state index >= 15 is 0 Å². The molecule has 1 heterocycles. The van der Waals surface area contributed by atoms with Gasteiger partial charge in [0.25, 0.3) is 0 Å². The molecule has 16 heavy (non-hydrogen) atoms. The third-order valence-corrected chi connectivity index (χ3v) is 5.04. The van der Waals surface area contributed by atoms with E-state index in [0.717, 1.165) is 19.4 Å². The topological polar surface area (TPSA) is 32.3 Å². The van der Waals surface area contributed by atoms with Gasteiger partial charge in [-0.2, -0.15) is 0 Å². The molecule has 94 valence electrons. The van der Waals surface area contributed by atoms with Crippen molar-refractivity contribution in [1.29, 1.82) is 0 Å². The lowest BCUT2D eigenvalue weighted by Crippen LogP contribution is -2.57. The third-order valence-electron chi connectivity index (χ3n) is 5.04. The van der Waals surface area contributed by atoms with E-state index in [1.807, 2.05) is 0 Å². The largest absolute Gasteiger partial charge is 0.388 e. The molecule has 4 atom stereocenters. The molecule has 2 fully saturated rings. The van der Waals surface area contributed by atoms with Gasteiger partial charge in [-0.05, 0) is 37.6 Å². The number of aliphatic hydroxyl groups is 1. The fourth-order valence-electron chi connectivity index (χ4n) is 3.62. The van der Waals surface area contributed by atoms with Gasteiger partial charge < -0.3 is 10.4 Å². The highest BCUT2D eigenvalue weighted by atomic mass is 16.3. The summed E-state index contributed by atoms with van der Waals surface area (Å²) in [6.45, 7) is 5.63. The molecule has 1 saturated heterocycles. The van der Waals surface area contributed by atoms with Gasteiger partial charge in [-0.3, -0.25) is 0 Å². The molecule has 0 aromatic carbocycles. The summed E-state index contributed by atoms with van der Waals surface area (Å²) in [5, 5.41) is 14.6. The predicted octanol–water partition coefficient (Wildman–Crippen LogP) is 2.71. The Balaban J connectivity index is 2.08. The second kappa shape index (κ2) is 5.05. The number of nitrogens with one attached hydrogen (secondary N) is 1. The van der Waals surface area contributed by atoms with E-state index in [4.69, 9.17) is 0 Å². The van der Waals surface area contributed by atoms with Crippen LogP contribution in [-0.2, 0) is 0 Å². The van der Waals surface area contributed by atoms with Crippen LogP contribution in [0.15, 0.2) is 0 Å². The molecule has 2 nitrogen and oxygen atoms in total. The van der Waals surface area contributed by atoms with Gasteiger partial charge in [-0.25, -0.2) is 0 Å². The van der Waals surface area contributed by atoms with Crippen molar-refractivity contribution >= 4 is 0 Å². The van der Waals surface area contributed by atoms with Crippen LogP contribution in [0.25, 0.3) is 0 Å². The Labute approximate surface area is 99.8 Å². The minimum Gasteiger partial charge on any atom is -0.388 e. The van der Waals surface area contributed by atoms with Gasteiger partial charge in [0.2, 0.25) is 0 Å². The molecule has 1 aliphatic carbocycles. The first-order valence-electron chi connectivity index (χ1n) is 7.10. The lowest BCUT2D eigenvalue weighted by Gasteiger charge is -2.47. The minimum atomic E-state index is -0.442. The zero-order chi connectivity index (χ0) is 11.6. The third kappa shape index (κ3) is 2.28. The normalized spacial score (nSPS) is 46.3. The van der Waals surface area contributed by atoms with Crippen LogP contribution in [0.1, 0.15) is 58.8 Å². The summed E-state index contributed by atoms with van der Waals surface area (Å²) in [4.78, 5) is 0. The fraction of sp³-hybridized carbons (Fsp3) is 1.00. The zero-order valence-electron chi connectivity index (χ0n) is 10.8. The maximum absolute atomic E-state index is 11.0. The molecule has 0 aromatic heterocycles. The van der Waals surface area contributed by atoms with Crippen molar-refractivity contribution in [1.82, 2.24) is 5.32 Å². The van der Waals surface area contributed by atoms with Gasteiger partial charge in [-0.15, -0.1) is 0 Å². The monoisotopic (exact) mass is 225 g/mol. The summed E-state index contributed by atoms with van der Waals surface area (Å²) in [6.07, 6.45) is 8.52. The molecule has 0 amide bonds. The van der Waals surface area contributed by atoms with Crippen LogP contribution in [0.2, 0.25) is 0 Å². The highest BCUT2D eigenvalue weighted by molar-refractivity contribution is 4.99. The molecule has 2 N–H and O–H groups in total. The van der Waals surface area contributed by atoms with E-state index in [9.17, 15) is 5.11 Å². The maximum Gasteiger partial charge on any atom is 0.0827 e. The average Bonchev–Trinajstić information content (AvgIpc) is 2.54. The predicted molar refractivity (Wildman–Crippen MR) is 67.4 cm³/mol. The molecule has 4 unspecified atom stereocenters. The lowest BCUT2D eigenvalue weighted by atomic mass is 9.66. The SMILES string of the molecule is CC1CCCC(O)(C2CCCCCN2)C1C. The summed E-state index contributed by atoms with van der Waals surface area (Å²) in [5.74, 6) is 1.11. The van der Waals surface area contributed by atoms with Crippen LogP contribution in [0.5, 0.6) is 0 Å². The summed E-state index contributed by atoms with van der Waals surface area (Å²) < 4.78 is 0. The van der Waals surface area contributed by atoms with Crippen molar-refractivity contribution in [2.45, 2.75) is 70.4 Å². The van der Waals surface area contributed by atoms with E-state index in [1.165, 1.54) is 32.1 Å². The van der Waals surface area contributed by atoms with Crippen LogP contribution in [-0.4, -0.2) is 23.3 Å². The Hall–Kier alpha value is -0.0800. The van der Waals surface area contributed by atoms with Crippen LogP contribution in [0, 0.1) is 11.8 Å². The van der Waals surface area contributed by atoms with Gasteiger partial charge in [0, 0.05) is 6.04 Å². The lowest BCUT2D eigenvalue weighted by molar-refractivity contribution is -0.0907. The Morgan fingerprint density at radius 1 is 1.06 bits per heavy atom. The Kier molecular flexibility index (Phi) is 3.91. The quantitative estimate of drug-likeness (QED) is 0.719. The van der Waals surface area contributed by atoms with Crippen LogP contribution >= 0.6 is 0 Å². The van der Waals surface area contributed by atoms with Crippen molar-refractivity contribution in [3.05, 3.63) is 0 Å². The second-order valence-corrected chi connectivity index (χ2v) is 6.01. The number of hydrogen-bond acceptors (Lipinski definition) is 2. The first-order valence-corrected chi connectivity index (χ1v) is 7.10. The Morgan fingerprint density at radius 2 is 1.88 bits per heavy atom. The van der Waals surface area contributed by atoms with E-state index < -0.39 is 5.60 Å². The van der Waals surface area contributed by atoms with Crippen LogP contribution in [0.3, 0.4) is 0 Å². The minimum absolute atomic E-state index is 0.341. The van der Waals surface area contributed by atoms with E-state index in [-0.39, 0.29) is 0 Å². The van der Waals surface area contributed by atoms with Gasteiger partial charge in [0.05, 0.1) is 5.60 Å². The molecule has 1 saturated carbocycles. The van der Waals surface area contributed by atoms with Gasteiger partial charge in [-0.1, -0.05) is 39.5 Å². The van der Waals surface area contributed by atoms with Crippen molar-refractivity contribution in [2.75, 3.05) is 6.54 Å². The van der Waals surface area contributed by atoms with E-state index in [2.05, 4.69) is 19.2 Å². The van der Waals surface area contributed by atoms with Crippen LogP contribution in [0.4, 0.5) is 0 Å². The molecule has 0 bridgehead atoms. The summed E-state index contributed by atoms with van der Waals surface area (Å²) in [6, 6.07) is 0.341.